The van der Waals surface area contributed by atoms with E-state index in [1.54, 1.807) is 6.07 Å². The Labute approximate surface area is 118 Å². The average Bonchev–Trinajstić information content (AvgIpc) is 2.42. The van der Waals surface area contributed by atoms with Crippen LogP contribution in [0, 0.1) is 0 Å². The lowest BCUT2D eigenvalue weighted by Crippen LogP contribution is -2.32. The maximum Gasteiger partial charge on any atom is 0.304 e. The maximum absolute atomic E-state index is 10.7. The van der Waals surface area contributed by atoms with Gasteiger partial charge in [0.05, 0.1) is 6.42 Å². The summed E-state index contributed by atoms with van der Waals surface area (Å²) in [5, 5.41) is 20.4. The van der Waals surface area contributed by atoms with Crippen LogP contribution in [0.5, 0.6) is 0 Å². The summed E-state index contributed by atoms with van der Waals surface area (Å²) in [6.45, 7) is 5.16. The van der Waals surface area contributed by atoms with Crippen molar-refractivity contribution in [2.45, 2.75) is 32.9 Å². The number of nitrogens with two attached hydrogens (primary N) is 1. The second kappa shape index (κ2) is 7.49. The van der Waals surface area contributed by atoms with E-state index in [0.717, 1.165) is 5.56 Å². The molecule has 1 rings (SSSR count). The number of benzene rings is 1. The van der Waals surface area contributed by atoms with E-state index in [0.29, 0.717) is 18.7 Å². The van der Waals surface area contributed by atoms with E-state index in [2.05, 4.69) is 10.1 Å². The smallest absolute Gasteiger partial charge is 0.304 e. The highest BCUT2D eigenvalue weighted by Gasteiger charge is 2.12. The molecule has 0 saturated carbocycles. The Morgan fingerprint density at radius 1 is 1.45 bits per heavy atom. The van der Waals surface area contributed by atoms with Crippen LogP contribution in [-0.4, -0.2) is 39.6 Å². The summed E-state index contributed by atoms with van der Waals surface area (Å²) in [7, 11) is 0. The van der Waals surface area contributed by atoms with Gasteiger partial charge in [0.15, 0.2) is 5.84 Å². The van der Waals surface area contributed by atoms with Gasteiger partial charge in [-0.1, -0.05) is 23.4 Å². The van der Waals surface area contributed by atoms with Crippen molar-refractivity contribution in [3.05, 3.63) is 35.4 Å². The van der Waals surface area contributed by atoms with Gasteiger partial charge in [0.2, 0.25) is 0 Å². The summed E-state index contributed by atoms with van der Waals surface area (Å²) >= 11 is 0. The zero-order valence-corrected chi connectivity index (χ0v) is 11.8. The molecule has 0 amide bonds. The first-order chi connectivity index (χ1) is 9.43. The van der Waals surface area contributed by atoms with E-state index in [9.17, 15) is 4.79 Å². The first kappa shape index (κ1) is 16.0. The van der Waals surface area contributed by atoms with Crippen LogP contribution < -0.4 is 5.73 Å². The third kappa shape index (κ3) is 4.89. The summed E-state index contributed by atoms with van der Waals surface area (Å²) in [4.78, 5) is 12.7. The molecule has 4 N–H and O–H groups in total. The second-order valence-corrected chi connectivity index (χ2v) is 4.89. The molecule has 0 unspecified atom stereocenters. The van der Waals surface area contributed by atoms with Gasteiger partial charge >= 0.3 is 5.97 Å². The fourth-order valence-electron chi connectivity index (χ4n) is 1.88. The van der Waals surface area contributed by atoms with E-state index in [1.165, 1.54) is 0 Å². The Morgan fingerprint density at radius 3 is 2.70 bits per heavy atom. The lowest BCUT2D eigenvalue weighted by molar-refractivity contribution is -0.137. The normalized spacial score (nSPS) is 12.1. The van der Waals surface area contributed by atoms with Crippen LogP contribution in [0.15, 0.2) is 29.4 Å². The minimum absolute atomic E-state index is 0.0634. The Balaban J connectivity index is 2.80. The molecule has 0 bridgehead atoms. The summed E-state index contributed by atoms with van der Waals surface area (Å²) in [6, 6.07) is 7.60. The van der Waals surface area contributed by atoms with E-state index >= 15 is 0 Å². The van der Waals surface area contributed by atoms with E-state index < -0.39 is 5.97 Å². The van der Waals surface area contributed by atoms with E-state index in [1.807, 2.05) is 32.0 Å². The standard InChI is InChI=1S/C14H21N3O3/c1-10(2)17(7-6-13(18)19)9-11-4-3-5-12(8-11)14(15)16-20/h3-5,8,10,20H,6-7,9H2,1-2H3,(H2,15,16)(H,18,19). The van der Waals surface area contributed by atoms with Gasteiger partial charge in [-0.15, -0.1) is 0 Å². The highest BCUT2D eigenvalue weighted by atomic mass is 16.4. The molecule has 0 fully saturated rings. The lowest BCUT2D eigenvalue weighted by atomic mass is 10.1. The monoisotopic (exact) mass is 279 g/mol. The molecule has 0 aliphatic heterocycles. The Morgan fingerprint density at radius 2 is 2.15 bits per heavy atom. The third-order valence-corrected chi connectivity index (χ3v) is 3.06. The molecule has 1 aromatic carbocycles. The number of aliphatic carboxylic acids is 1. The minimum atomic E-state index is -0.805. The first-order valence-corrected chi connectivity index (χ1v) is 6.46. The van der Waals surface area contributed by atoms with Crippen LogP contribution in [-0.2, 0) is 11.3 Å². The average molecular weight is 279 g/mol. The Kier molecular flexibility index (Phi) is 5.99. The predicted molar refractivity (Wildman–Crippen MR) is 76.8 cm³/mol. The summed E-state index contributed by atoms with van der Waals surface area (Å²) in [6.07, 6.45) is 0.109. The van der Waals surface area contributed by atoms with Gasteiger partial charge in [-0.3, -0.25) is 9.69 Å². The SMILES string of the molecule is CC(C)N(CCC(=O)O)Cc1cccc(/C(N)=N/O)c1. The molecular formula is C14H21N3O3. The predicted octanol–water partition coefficient (Wildman–Crippen LogP) is 1.47. The number of carbonyl (C=O) groups is 1. The molecule has 20 heavy (non-hydrogen) atoms. The third-order valence-electron chi connectivity index (χ3n) is 3.06. The van der Waals surface area contributed by atoms with Crippen molar-refractivity contribution in [1.82, 2.24) is 4.90 Å². The van der Waals surface area contributed by atoms with Crippen molar-refractivity contribution >= 4 is 11.8 Å². The van der Waals surface area contributed by atoms with Crippen LogP contribution in [0.2, 0.25) is 0 Å². The van der Waals surface area contributed by atoms with Crippen LogP contribution in [0.1, 0.15) is 31.4 Å². The number of hydrogen-bond donors (Lipinski definition) is 3. The summed E-state index contributed by atoms with van der Waals surface area (Å²) < 4.78 is 0. The topological polar surface area (TPSA) is 99.2 Å². The van der Waals surface area contributed by atoms with E-state index in [-0.39, 0.29) is 18.3 Å². The number of nitrogens with zero attached hydrogens (tertiary/aromatic N) is 2. The van der Waals surface area contributed by atoms with Gasteiger partial charge in [0.1, 0.15) is 0 Å². The van der Waals surface area contributed by atoms with Gasteiger partial charge in [-0.2, -0.15) is 0 Å². The molecule has 0 atom stereocenters. The van der Waals surface area contributed by atoms with Crippen LogP contribution >= 0.6 is 0 Å². The van der Waals surface area contributed by atoms with Crippen molar-refractivity contribution in [3.63, 3.8) is 0 Å². The maximum atomic E-state index is 10.7. The quantitative estimate of drug-likeness (QED) is 0.304. The first-order valence-electron chi connectivity index (χ1n) is 6.46. The number of amidine groups is 1. The van der Waals surface area contributed by atoms with Crippen molar-refractivity contribution in [3.8, 4) is 0 Å². The Hall–Kier alpha value is -2.08. The zero-order chi connectivity index (χ0) is 15.1. The number of carboxylic acids is 1. The molecule has 0 saturated heterocycles. The van der Waals surface area contributed by atoms with Crippen molar-refractivity contribution < 1.29 is 15.1 Å². The largest absolute Gasteiger partial charge is 0.481 e. The highest BCUT2D eigenvalue weighted by Crippen LogP contribution is 2.11. The molecule has 0 radical (unpaired) electrons. The molecule has 110 valence electrons. The van der Waals surface area contributed by atoms with Crippen LogP contribution in [0.4, 0.5) is 0 Å². The molecule has 0 aromatic heterocycles. The zero-order valence-electron chi connectivity index (χ0n) is 11.8. The number of rotatable bonds is 7. The second-order valence-electron chi connectivity index (χ2n) is 4.89. The lowest BCUT2D eigenvalue weighted by Gasteiger charge is -2.26. The van der Waals surface area contributed by atoms with Gasteiger partial charge in [-0.25, -0.2) is 0 Å². The molecule has 6 heteroatoms. The van der Waals surface area contributed by atoms with E-state index in [4.69, 9.17) is 16.0 Å². The molecule has 0 spiro atoms. The minimum Gasteiger partial charge on any atom is -0.481 e. The molecule has 1 aromatic rings. The summed E-state index contributed by atoms with van der Waals surface area (Å²) in [5.41, 5.74) is 7.20. The molecule has 0 aliphatic rings. The molecule has 6 nitrogen and oxygen atoms in total. The fraction of sp³-hybridized carbons (Fsp3) is 0.429. The molecule has 0 heterocycles. The van der Waals surface area contributed by atoms with Gasteiger partial charge in [0, 0.05) is 24.7 Å². The summed E-state index contributed by atoms with van der Waals surface area (Å²) in [5.74, 6) is -0.741. The fourth-order valence-corrected chi connectivity index (χ4v) is 1.88. The van der Waals surface area contributed by atoms with Gasteiger partial charge in [-0.05, 0) is 25.5 Å². The van der Waals surface area contributed by atoms with Gasteiger partial charge in [0.25, 0.3) is 0 Å². The van der Waals surface area contributed by atoms with Crippen LogP contribution in [0.25, 0.3) is 0 Å². The number of carboxylic acid groups (broad SMARTS) is 1. The van der Waals surface area contributed by atoms with Gasteiger partial charge < -0.3 is 16.0 Å². The molecule has 0 aliphatic carbocycles. The number of oxime groups is 1. The van der Waals surface area contributed by atoms with Crippen molar-refractivity contribution in [2.24, 2.45) is 10.9 Å². The highest BCUT2D eigenvalue weighted by molar-refractivity contribution is 5.97. The molecular weight excluding hydrogens is 258 g/mol. The van der Waals surface area contributed by atoms with Crippen LogP contribution in [0.3, 0.4) is 0 Å². The Bertz CT molecular complexity index is 486. The van der Waals surface area contributed by atoms with Crippen molar-refractivity contribution in [1.29, 1.82) is 0 Å². The van der Waals surface area contributed by atoms with Crippen molar-refractivity contribution in [2.75, 3.05) is 6.54 Å². The number of hydrogen-bond acceptors (Lipinski definition) is 4.